The molecule has 0 aliphatic rings. The molecule has 0 N–H and O–H groups in total. The van der Waals surface area contributed by atoms with Crippen molar-refractivity contribution in [3.05, 3.63) is 109 Å². The predicted molar refractivity (Wildman–Crippen MR) is 272 cm³/mol. The number of unbranched alkanes of at least 4 members (excludes halogenated alkanes) is 12. The number of aliphatic carboxylic acids is 1. The Labute approximate surface area is 398 Å². The van der Waals surface area contributed by atoms with Crippen LogP contribution in [0.2, 0.25) is 0 Å². The number of carbonyl (C=O) groups is 3. The second-order valence-electron chi connectivity index (χ2n) is 17.6. The van der Waals surface area contributed by atoms with Crippen LogP contribution in [-0.2, 0) is 28.6 Å². The number of allylic oxidation sites excluding steroid dienone is 18. The summed E-state index contributed by atoms with van der Waals surface area (Å²) in [5.41, 5.74) is 0. The zero-order chi connectivity index (χ0) is 47.7. The van der Waals surface area contributed by atoms with E-state index in [1.54, 1.807) is 21.1 Å². The highest BCUT2D eigenvalue weighted by Gasteiger charge is 2.25. The molecule has 0 heterocycles. The molecule has 0 bridgehead atoms. The molecule has 0 aliphatic heterocycles. The van der Waals surface area contributed by atoms with Gasteiger partial charge in [0.2, 0.25) is 0 Å². The number of hydrogen-bond donors (Lipinski definition) is 0. The van der Waals surface area contributed by atoms with Crippen molar-refractivity contribution in [1.82, 2.24) is 0 Å². The van der Waals surface area contributed by atoms with Crippen LogP contribution in [0.5, 0.6) is 0 Å². The summed E-state index contributed by atoms with van der Waals surface area (Å²) in [7, 11) is 5.39. The molecule has 0 aliphatic carbocycles. The molecular weight excluding hydrogens is 811 g/mol. The van der Waals surface area contributed by atoms with Crippen LogP contribution in [0, 0.1) is 0 Å². The highest BCUT2D eigenvalue weighted by molar-refractivity contribution is 5.70. The van der Waals surface area contributed by atoms with Crippen LogP contribution in [0.4, 0.5) is 0 Å². The summed E-state index contributed by atoms with van der Waals surface area (Å²) >= 11 is 0. The third-order valence-electron chi connectivity index (χ3n) is 10.7. The molecule has 8 nitrogen and oxygen atoms in total. The van der Waals surface area contributed by atoms with Crippen molar-refractivity contribution in [2.24, 2.45) is 0 Å². The average molecular weight is 904 g/mol. The van der Waals surface area contributed by atoms with Gasteiger partial charge in [-0.1, -0.05) is 175 Å². The SMILES string of the molecule is CC/C=C/C/C=C/C/C=C/C/C=C/C/C=C/CCCCCCCCC(=O)OC(COCCC(C(=O)[O-])[N+](C)(C)C)COC(=O)CCCCCCCC/C=C/C/C=C/C/C=C/C/C=C/CC. The van der Waals surface area contributed by atoms with E-state index >= 15 is 0 Å². The van der Waals surface area contributed by atoms with Gasteiger partial charge in [-0.05, 0) is 96.3 Å². The number of carboxylic acids is 1. The maximum atomic E-state index is 12.8. The van der Waals surface area contributed by atoms with E-state index in [9.17, 15) is 19.5 Å². The van der Waals surface area contributed by atoms with Crippen molar-refractivity contribution < 1.29 is 38.2 Å². The quantitative estimate of drug-likeness (QED) is 0.0260. The molecule has 0 fully saturated rings. The number of quaternary nitrogens is 1. The van der Waals surface area contributed by atoms with Gasteiger partial charge in [-0.15, -0.1) is 0 Å². The van der Waals surface area contributed by atoms with Crippen molar-refractivity contribution in [3.63, 3.8) is 0 Å². The minimum absolute atomic E-state index is 0.0226. The van der Waals surface area contributed by atoms with Crippen LogP contribution in [-0.4, -0.2) is 75.5 Å². The summed E-state index contributed by atoms with van der Waals surface area (Å²) in [6, 6.07) is -0.739. The predicted octanol–water partition coefficient (Wildman–Crippen LogP) is 13.5. The summed E-state index contributed by atoms with van der Waals surface area (Å²) in [6.45, 7) is 4.39. The largest absolute Gasteiger partial charge is 0.544 e. The molecule has 0 spiro atoms. The van der Waals surface area contributed by atoms with Crippen LogP contribution in [0.25, 0.3) is 0 Å². The summed E-state index contributed by atoms with van der Waals surface area (Å²) in [5, 5.41) is 11.7. The van der Waals surface area contributed by atoms with Gasteiger partial charge in [0.05, 0.1) is 40.3 Å². The minimum Gasteiger partial charge on any atom is -0.544 e. The van der Waals surface area contributed by atoms with Crippen molar-refractivity contribution in [2.75, 3.05) is 41.0 Å². The summed E-state index contributed by atoms with van der Waals surface area (Å²) in [4.78, 5) is 37.1. The Hall–Kier alpha value is -4.01. The molecule has 0 aromatic rings. The third-order valence-corrected chi connectivity index (χ3v) is 10.7. The Balaban J connectivity index is 4.34. The van der Waals surface area contributed by atoms with Gasteiger partial charge in [0.1, 0.15) is 12.6 Å². The molecule has 65 heavy (non-hydrogen) atoms. The molecule has 0 aromatic heterocycles. The van der Waals surface area contributed by atoms with E-state index < -0.39 is 18.1 Å². The standard InChI is InChI=1S/C57H93NO7/c1-6-8-10-12-14-16-18-20-22-24-26-27-28-30-32-34-36-38-40-42-44-46-48-56(60)65-53(51-63-50-49-54(57(61)62)58(3,4)5)52-64-55(59)47-45-43-41-39-37-35-33-31-29-25-23-21-19-17-15-13-11-9-7-2/h8-11,14-17,20-23,26-27,29-32,53-54H,6-7,12-13,18-19,24-25,28,33-52H2,1-5H3/b10-8+,11-9+,16-14+,17-15+,22-20+,23-21+,27-26+,31-29+,32-30+. The number of carbonyl (C=O) groups excluding carboxylic acids is 3. The molecule has 0 saturated carbocycles. The third kappa shape index (κ3) is 45.0. The maximum Gasteiger partial charge on any atom is 0.306 e. The van der Waals surface area contributed by atoms with E-state index in [1.807, 2.05) is 0 Å². The molecule has 0 rings (SSSR count). The Morgan fingerprint density at radius 2 is 0.815 bits per heavy atom. The van der Waals surface area contributed by atoms with Crippen LogP contribution in [0.15, 0.2) is 109 Å². The van der Waals surface area contributed by atoms with Gasteiger partial charge >= 0.3 is 11.9 Å². The van der Waals surface area contributed by atoms with Crippen molar-refractivity contribution in [2.45, 2.75) is 193 Å². The molecule has 0 aromatic carbocycles. The molecule has 0 amide bonds. The Bertz CT molecular complexity index is 1420. The first kappa shape index (κ1) is 61.0. The first-order chi connectivity index (χ1) is 31.6. The lowest BCUT2D eigenvalue weighted by Gasteiger charge is -2.34. The van der Waals surface area contributed by atoms with Gasteiger partial charge in [-0.25, -0.2) is 0 Å². The second-order valence-corrected chi connectivity index (χ2v) is 17.6. The van der Waals surface area contributed by atoms with E-state index in [4.69, 9.17) is 14.2 Å². The number of rotatable bonds is 44. The summed E-state index contributed by atoms with van der Waals surface area (Å²) < 4.78 is 17.2. The number of esters is 2. The molecule has 8 heteroatoms. The van der Waals surface area contributed by atoms with Gasteiger partial charge in [-0.2, -0.15) is 0 Å². The Morgan fingerprint density at radius 3 is 1.20 bits per heavy atom. The van der Waals surface area contributed by atoms with Crippen molar-refractivity contribution in [1.29, 1.82) is 0 Å². The lowest BCUT2D eigenvalue weighted by Crippen LogP contribution is -2.55. The molecule has 0 saturated heterocycles. The topological polar surface area (TPSA) is 102 Å². The van der Waals surface area contributed by atoms with Crippen LogP contribution < -0.4 is 5.11 Å². The number of hydrogen-bond acceptors (Lipinski definition) is 7. The highest BCUT2D eigenvalue weighted by Crippen LogP contribution is 2.13. The molecule has 368 valence electrons. The number of nitrogens with zero attached hydrogens (tertiary/aromatic N) is 1. The summed E-state index contributed by atoms with van der Waals surface area (Å²) in [6.07, 6.45) is 64.0. The smallest absolute Gasteiger partial charge is 0.306 e. The van der Waals surface area contributed by atoms with Gasteiger partial charge < -0.3 is 28.6 Å². The first-order valence-corrected chi connectivity index (χ1v) is 25.4. The lowest BCUT2D eigenvalue weighted by molar-refractivity contribution is -0.889. The highest BCUT2D eigenvalue weighted by atomic mass is 16.6. The normalized spacial score (nSPS) is 13.8. The Morgan fingerprint density at radius 1 is 0.462 bits per heavy atom. The number of likely N-dealkylation sites (N-methyl/N-ethyl adjacent to an activating group) is 1. The minimum atomic E-state index is -1.13. The van der Waals surface area contributed by atoms with E-state index in [1.165, 1.54) is 25.7 Å². The zero-order valence-corrected chi connectivity index (χ0v) is 41.9. The molecule has 0 radical (unpaired) electrons. The zero-order valence-electron chi connectivity index (χ0n) is 41.9. The van der Waals surface area contributed by atoms with Gasteiger partial charge in [-0.3, -0.25) is 9.59 Å². The lowest BCUT2D eigenvalue weighted by atomic mass is 10.1. The van der Waals surface area contributed by atoms with Gasteiger partial charge in [0, 0.05) is 19.3 Å². The molecular formula is C57H93NO7. The van der Waals surface area contributed by atoms with Crippen molar-refractivity contribution in [3.8, 4) is 0 Å². The Kier molecular flexibility index (Phi) is 43.6. The van der Waals surface area contributed by atoms with Crippen LogP contribution >= 0.6 is 0 Å². The van der Waals surface area contributed by atoms with E-state index in [0.29, 0.717) is 12.8 Å². The average Bonchev–Trinajstić information content (AvgIpc) is 3.27. The fraction of sp³-hybridized carbons (Fsp3) is 0.632. The van der Waals surface area contributed by atoms with Gasteiger partial charge in [0.15, 0.2) is 6.10 Å². The number of ether oxygens (including phenoxy) is 3. The van der Waals surface area contributed by atoms with Crippen molar-refractivity contribution >= 4 is 17.9 Å². The molecule has 2 atom stereocenters. The second kappa shape index (κ2) is 46.5. The first-order valence-electron chi connectivity index (χ1n) is 25.4. The van der Waals surface area contributed by atoms with Crippen LogP contribution in [0.1, 0.15) is 181 Å². The monoisotopic (exact) mass is 904 g/mol. The fourth-order valence-electron chi connectivity index (χ4n) is 6.79. The number of carboxylic acid groups (broad SMARTS) is 1. The fourth-order valence-corrected chi connectivity index (χ4v) is 6.79. The van der Waals surface area contributed by atoms with E-state index in [2.05, 4.69) is 123 Å². The van der Waals surface area contributed by atoms with Gasteiger partial charge in [0.25, 0.3) is 0 Å². The summed E-state index contributed by atoms with van der Waals surface area (Å²) in [5.74, 6) is -1.78. The molecule has 2 unspecified atom stereocenters. The van der Waals surface area contributed by atoms with E-state index in [0.717, 1.165) is 122 Å². The maximum absolute atomic E-state index is 12.8. The van der Waals surface area contributed by atoms with Crippen LogP contribution in [0.3, 0.4) is 0 Å². The van der Waals surface area contributed by atoms with E-state index in [-0.39, 0.29) is 42.7 Å².